The Morgan fingerprint density at radius 3 is 2.76 bits per heavy atom. The number of nitrogens with zero attached hydrogens (tertiary/aromatic N) is 2. The van der Waals surface area contributed by atoms with E-state index in [2.05, 4.69) is 31.0 Å². The number of allylic oxidation sites excluding steroid dienone is 1. The van der Waals surface area contributed by atoms with Gasteiger partial charge in [0, 0.05) is 30.8 Å². The van der Waals surface area contributed by atoms with Crippen molar-refractivity contribution in [3.05, 3.63) is 59.7 Å². The molecular formula is C27H33N3O3. The van der Waals surface area contributed by atoms with E-state index in [1.165, 1.54) is 0 Å². The Hall–Kier alpha value is -3.02. The Kier molecular flexibility index (Phi) is 5.55. The maximum atomic E-state index is 13.6. The van der Waals surface area contributed by atoms with Gasteiger partial charge in [-0.1, -0.05) is 32.9 Å². The smallest absolute Gasteiger partial charge is 0.242 e. The van der Waals surface area contributed by atoms with E-state index in [-0.39, 0.29) is 23.7 Å². The van der Waals surface area contributed by atoms with E-state index in [9.17, 15) is 9.59 Å². The largest absolute Gasteiger partial charge is 0.467 e. The number of carbonyl (C=O) groups excluding carboxylic acids is 2. The van der Waals surface area contributed by atoms with Gasteiger partial charge in [-0.3, -0.25) is 9.59 Å². The van der Waals surface area contributed by atoms with Crippen molar-refractivity contribution in [2.45, 2.75) is 52.5 Å². The van der Waals surface area contributed by atoms with Crippen molar-refractivity contribution in [3.63, 3.8) is 0 Å². The number of rotatable bonds is 3. The lowest BCUT2D eigenvalue weighted by Crippen LogP contribution is -2.46. The van der Waals surface area contributed by atoms with E-state index in [1.54, 1.807) is 6.26 Å². The molecule has 1 amide bonds. The number of carbonyl (C=O) groups is 2. The fourth-order valence-corrected chi connectivity index (χ4v) is 5.63. The molecule has 1 N–H and O–H groups in total. The highest BCUT2D eigenvalue weighted by molar-refractivity contribution is 6.01. The topological polar surface area (TPSA) is 65.8 Å². The Balaban J connectivity index is 1.61. The van der Waals surface area contributed by atoms with Crippen LogP contribution >= 0.6 is 0 Å². The van der Waals surface area contributed by atoms with Crippen LogP contribution in [-0.4, -0.2) is 36.2 Å². The predicted octanol–water partition coefficient (Wildman–Crippen LogP) is 5.15. The predicted molar refractivity (Wildman–Crippen MR) is 129 cm³/mol. The van der Waals surface area contributed by atoms with E-state index in [1.807, 2.05) is 41.3 Å². The van der Waals surface area contributed by atoms with Crippen LogP contribution in [0.1, 0.15) is 58.3 Å². The monoisotopic (exact) mass is 447 g/mol. The Morgan fingerprint density at radius 1 is 1.18 bits per heavy atom. The quantitative estimate of drug-likeness (QED) is 0.705. The summed E-state index contributed by atoms with van der Waals surface area (Å²) in [5.74, 6) is 1.42. The molecule has 174 valence electrons. The van der Waals surface area contributed by atoms with Crippen molar-refractivity contribution in [2.24, 2.45) is 11.3 Å². The number of hydrogen-bond donors (Lipinski definition) is 1. The molecular weight excluding hydrogens is 414 g/mol. The van der Waals surface area contributed by atoms with Crippen LogP contribution in [0.2, 0.25) is 0 Å². The number of Topliss-reactive ketones (excluding diaryl/α,β-unsaturated/α-hetero) is 1. The Bertz CT molecular complexity index is 1090. The zero-order chi connectivity index (χ0) is 23.2. The normalized spacial score (nSPS) is 24.6. The molecule has 1 aromatic heterocycles. The number of likely N-dealkylation sites (tertiary alicyclic amines) is 1. The van der Waals surface area contributed by atoms with Crippen molar-refractivity contribution >= 4 is 23.1 Å². The molecule has 2 atom stereocenters. The number of amides is 1. The molecule has 3 heterocycles. The van der Waals surface area contributed by atoms with Gasteiger partial charge in [0.2, 0.25) is 5.91 Å². The molecule has 0 radical (unpaired) electrons. The summed E-state index contributed by atoms with van der Waals surface area (Å²) in [6.45, 7) is 8.25. The molecule has 6 heteroatoms. The fraction of sp³-hybridized carbons (Fsp3) is 0.481. The number of hydrogen-bond acceptors (Lipinski definition) is 5. The van der Waals surface area contributed by atoms with Crippen LogP contribution in [0.25, 0.3) is 0 Å². The van der Waals surface area contributed by atoms with Gasteiger partial charge in [0.1, 0.15) is 11.8 Å². The van der Waals surface area contributed by atoms with Gasteiger partial charge in [-0.15, -0.1) is 0 Å². The van der Waals surface area contributed by atoms with E-state index in [0.29, 0.717) is 18.1 Å². The first-order valence-corrected chi connectivity index (χ1v) is 12.0. The van der Waals surface area contributed by atoms with Crippen molar-refractivity contribution in [2.75, 3.05) is 29.9 Å². The number of furan rings is 1. The molecule has 0 spiro atoms. The number of anilines is 2. The Morgan fingerprint density at radius 2 is 2.00 bits per heavy atom. The average molecular weight is 448 g/mol. The van der Waals surface area contributed by atoms with Crippen molar-refractivity contribution in [1.29, 1.82) is 0 Å². The zero-order valence-electron chi connectivity index (χ0n) is 19.8. The minimum absolute atomic E-state index is 0.0977. The van der Waals surface area contributed by atoms with Gasteiger partial charge < -0.3 is 19.5 Å². The lowest BCUT2D eigenvalue weighted by Gasteiger charge is -2.38. The second-order valence-electron chi connectivity index (χ2n) is 10.6. The summed E-state index contributed by atoms with van der Waals surface area (Å²) in [5, 5.41) is 3.58. The van der Waals surface area contributed by atoms with Gasteiger partial charge in [-0.05, 0) is 54.9 Å². The minimum Gasteiger partial charge on any atom is -0.467 e. The molecule has 2 aromatic rings. The molecule has 5 rings (SSSR count). The average Bonchev–Trinajstić information content (AvgIpc) is 3.25. The molecule has 2 unspecified atom stereocenters. The summed E-state index contributed by atoms with van der Waals surface area (Å²) in [7, 11) is 0. The number of para-hydroxylation sites is 2. The van der Waals surface area contributed by atoms with E-state index >= 15 is 0 Å². The molecule has 1 saturated heterocycles. The molecule has 6 nitrogen and oxygen atoms in total. The summed E-state index contributed by atoms with van der Waals surface area (Å²) in [5.41, 5.74) is 3.37. The van der Waals surface area contributed by atoms with Crippen LogP contribution < -0.4 is 10.2 Å². The van der Waals surface area contributed by atoms with Crippen LogP contribution in [-0.2, 0) is 9.59 Å². The van der Waals surface area contributed by atoms with Gasteiger partial charge in [0.25, 0.3) is 0 Å². The second-order valence-corrected chi connectivity index (χ2v) is 10.6. The van der Waals surface area contributed by atoms with Gasteiger partial charge >= 0.3 is 0 Å². The first kappa shape index (κ1) is 21.8. The maximum Gasteiger partial charge on any atom is 0.242 e. The molecule has 1 aliphatic carbocycles. The summed E-state index contributed by atoms with van der Waals surface area (Å²) in [4.78, 5) is 31.1. The summed E-state index contributed by atoms with van der Waals surface area (Å²) in [6.07, 6.45) is 5.09. The highest BCUT2D eigenvalue weighted by Gasteiger charge is 2.43. The number of piperidine rings is 1. The third-order valence-corrected chi connectivity index (χ3v) is 7.13. The number of fused-ring (bicyclic) bond motifs is 1. The Labute approximate surface area is 195 Å². The van der Waals surface area contributed by atoms with Gasteiger partial charge in [0.05, 0.1) is 24.2 Å². The molecule has 33 heavy (non-hydrogen) atoms. The minimum atomic E-state index is -0.444. The molecule has 1 aromatic carbocycles. The summed E-state index contributed by atoms with van der Waals surface area (Å²) in [6, 6.07) is 11.3. The molecule has 0 bridgehead atoms. The van der Waals surface area contributed by atoms with Crippen LogP contribution in [0.5, 0.6) is 0 Å². The number of nitrogens with one attached hydrogen (secondary N) is 1. The lowest BCUT2D eigenvalue weighted by molar-refractivity contribution is -0.131. The van der Waals surface area contributed by atoms with Crippen molar-refractivity contribution < 1.29 is 14.0 Å². The highest BCUT2D eigenvalue weighted by Crippen LogP contribution is 2.48. The summed E-state index contributed by atoms with van der Waals surface area (Å²) < 4.78 is 5.89. The molecule has 1 fully saturated rings. The third kappa shape index (κ3) is 4.19. The van der Waals surface area contributed by atoms with Gasteiger partial charge in [-0.25, -0.2) is 0 Å². The van der Waals surface area contributed by atoms with E-state index in [0.717, 1.165) is 55.0 Å². The van der Waals surface area contributed by atoms with Gasteiger partial charge in [-0.2, -0.15) is 0 Å². The maximum absolute atomic E-state index is 13.6. The molecule has 2 aliphatic heterocycles. The van der Waals surface area contributed by atoms with E-state index < -0.39 is 6.04 Å². The first-order chi connectivity index (χ1) is 15.8. The SMILES string of the molecule is CC1CCCN(C(=O)CN2c3ccccc3NC3=C(C(=O)CC(C)(C)C3)C2c2ccco2)C1. The van der Waals surface area contributed by atoms with Crippen molar-refractivity contribution in [1.82, 2.24) is 4.90 Å². The van der Waals surface area contributed by atoms with Crippen molar-refractivity contribution in [3.8, 4) is 0 Å². The third-order valence-electron chi connectivity index (χ3n) is 7.13. The van der Waals surface area contributed by atoms with E-state index in [4.69, 9.17) is 4.42 Å². The number of benzene rings is 1. The van der Waals surface area contributed by atoms with Gasteiger partial charge in [0.15, 0.2) is 5.78 Å². The molecule has 3 aliphatic rings. The van der Waals surface area contributed by atoms with Crippen LogP contribution in [0.4, 0.5) is 11.4 Å². The van der Waals surface area contributed by atoms with Crippen LogP contribution in [0.3, 0.4) is 0 Å². The van der Waals surface area contributed by atoms with Crippen LogP contribution in [0, 0.1) is 11.3 Å². The lowest BCUT2D eigenvalue weighted by atomic mass is 9.74. The second kappa shape index (κ2) is 8.40. The zero-order valence-corrected chi connectivity index (χ0v) is 19.8. The summed E-state index contributed by atoms with van der Waals surface area (Å²) >= 11 is 0. The molecule has 0 saturated carbocycles. The first-order valence-electron chi connectivity index (χ1n) is 12.0. The fourth-order valence-electron chi connectivity index (χ4n) is 5.63. The highest BCUT2D eigenvalue weighted by atomic mass is 16.3. The number of ketones is 1. The standard InChI is InChI=1S/C27H33N3O3/c1-18-8-6-12-29(16-18)24(32)17-30-21-10-5-4-9-19(21)28-20-14-27(2,3)15-22(31)25(20)26(30)23-11-7-13-33-23/h4-5,7,9-11,13,18,26,28H,6,8,12,14-17H2,1-3H3. The van der Waals surface area contributed by atoms with Crippen LogP contribution in [0.15, 0.2) is 58.3 Å².